The van der Waals surface area contributed by atoms with E-state index in [4.69, 9.17) is 37.0 Å². The molecule has 0 saturated heterocycles. The van der Waals surface area contributed by atoms with Crippen molar-refractivity contribution >= 4 is 39.5 Å². The average molecular weight is 1510 g/mol. The number of carbonyl (C=O) groups is 4. The summed E-state index contributed by atoms with van der Waals surface area (Å²) in [5.41, 5.74) is 0. The van der Waals surface area contributed by atoms with Crippen LogP contribution in [0, 0.1) is 0 Å². The number of phosphoric acid groups is 2. The van der Waals surface area contributed by atoms with Crippen molar-refractivity contribution in [1.82, 2.24) is 0 Å². The summed E-state index contributed by atoms with van der Waals surface area (Å²) >= 11 is 0. The molecule has 0 fully saturated rings. The summed E-state index contributed by atoms with van der Waals surface area (Å²) in [6.45, 7) is 4.09. The predicted octanol–water partition coefficient (Wildman–Crippen LogP) is 22.9. The number of rotatable bonds is 70. The Bertz CT molecular complexity index is 2880. The van der Waals surface area contributed by atoms with Crippen LogP contribution in [0.15, 0.2) is 219 Å². The Labute approximate surface area is 639 Å². The first-order chi connectivity index (χ1) is 51.7. The fourth-order valence-electron chi connectivity index (χ4n) is 9.23. The summed E-state index contributed by atoms with van der Waals surface area (Å²) in [6, 6.07) is 0. The lowest BCUT2D eigenvalue weighted by molar-refractivity contribution is -0.161. The minimum Gasteiger partial charge on any atom is -0.462 e. The average Bonchev–Trinajstić information content (AvgIpc) is 0.899. The minimum atomic E-state index is -5.04. The van der Waals surface area contributed by atoms with Gasteiger partial charge in [0.2, 0.25) is 0 Å². The number of hydrogen-bond acceptors (Lipinski definition) is 15. The van der Waals surface area contributed by atoms with E-state index in [1.165, 1.54) is 0 Å². The number of phosphoric ester groups is 2. The van der Waals surface area contributed by atoms with Gasteiger partial charge in [0.05, 0.1) is 39.3 Å². The van der Waals surface area contributed by atoms with Gasteiger partial charge >= 0.3 is 39.5 Å². The van der Waals surface area contributed by atoms with Gasteiger partial charge in [-0.3, -0.25) is 37.3 Å². The van der Waals surface area contributed by atoms with Crippen molar-refractivity contribution in [2.24, 2.45) is 0 Å². The number of aliphatic hydroxyl groups excluding tert-OH is 1. The highest BCUT2D eigenvalue weighted by Gasteiger charge is 2.30. The molecule has 0 spiro atoms. The molecule has 19 heteroatoms. The lowest BCUT2D eigenvalue weighted by Gasteiger charge is -2.21. The molecule has 0 heterocycles. The molecule has 0 aliphatic rings. The highest BCUT2D eigenvalue weighted by Crippen LogP contribution is 2.45. The molecule has 0 amide bonds. The second-order valence-corrected chi connectivity index (χ2v) is 27.7. The molecule has 106 heavy (non-hydrogen) atoms. The molecule has 0 rings (SSSR count). The highest BCUT2D eigenvalue weighted by atomic mass is 31.2. The third kappa shape index (κ3) is 75.6. The van der Waals surface area contributed by atoms with Gasteiger partial charge in [-0.1, -0.05) is 285 Å². The first kappa shape index (κ1) is 99.4. The van der Waals surface area contributed by atoms with E-state index in [1.54, 1.807) is 24.3 Å². The zero-order valence-corrected chi connectivity index (χ0v) is 66.5. The summed E-state index contributed by atoms with van der Waals surface area (Å²) in [5.74, 6) is -2.55. The van der Waals surface area contributed by atoms with Crippen molar-refractivity contribution in [3.05, 3.63) is 219 Å². The number of allylic oxidation sites excluding steroid dienone is 34. The highest BCUT2D eigenvalue weighted by molar-refractivity contribution is 7.47. The number of carbonyl (C=O) groups excluding carboxylic acids is 4. The zero-order valence-electron chi connectivity index (χ0n) is 64.8. The van der Waals surface area contributed by atoms with Crippen LogP contribution in [0.2, 0.25) is 0 Å². The molecule has 5 atom stereocenters. The van der Waals surface area contributed by atoms with Gasteiger partial charge in [-0.2, -0.15) is 0 Å². The molecule has 3 N–H and O–H groups in total. The number of ether oxygens (including phenoxy) is 4. The summed E-state index contributed by atoms with van der Waals surface area (Å²) in [6.07, 6.45) is 97.0. The molecule has 0 aliphatic heterocycles. The van der Waals surface area contributed by atoms with Crippen LogP contribution in [-0.2, 0) is 65.4 Å². The van der Waals surface area contributed by atoms with Crippen LogP contribution in [0.25, 0.3) is 0 Å². The molecule has 0 bridgehead atoms. The van der Waals surface area contributed by atoms with E-state index in [1.807, 2.05) is 24.3 Å². The largest absolute Gasteiger partial charge is 0.472 e. The van der Waals surface area contributed by atoms with Crippen molar-refractivity contribution in [2.45, 2.75) is 264 Å². The van der Waals surface area contributed by atoms with Crippen molar-refractivity contribution in [1.29, 1.82) is 0 Å². The van der Waals surface area contributed by atoms with Gasteiger partial charge < -0.3 is 33.8 Å². The van der Waals surface area contributed by atoms with Crippen LogP contribution in [0.1, 0.15) is 246 Å². The third-order valence-corrected chi connectivity index (χ3v) is 16.9. The fourth-order valence-corrected chi connectivity index (χ4v) is 10.8. The van der Waals surface area contributed by atoms with Gasteiger partial charge in [-0.15, -0.1) is 0 Å². The van der Waals surface area contributed by atoms with Gasteiger partial charge in [-0.25, -0.2) is 9.13 Å². The van der Waals surface area contributed by atoms with E-state index in [0.717, 1.165) is 167 Å². The summed E-state index contributed by atoms with van der Waals surface area (Å²) < 4.78 is 68.3. The van der Waals surface area contributed by atoms with Gasteiger partial charge in [0.25, 0.3) is 0 Å². The first-order valence-electron chi connectivity index (χ1n) is 39.0. The van der Waals surface area contributed by atoms with Crippen LogP contribution in [-0.4, -0.2) is 96.7 Å². The number of esters is 4. The Morgan fingerprint density at radius 2 is 0.509 bits per heavy atom. The quantitative estimate of drug-likeness (QED) is 0.0169. The minimum absolute atomic E-state index is 0.0489. The first-order valence-corrected chi connectivity index (χ1v) is 42.0. The van der Waals surface area contributed by atoms with Crippen molar-refractivity contribution in [3.63, 3.8) is 0 Å². The Morgan fingerprint density at radius 3 is 0.830 bits per heavy atom. The molecule has 0 saturated carbocycles. The molecule has 594 valence electrons. The zero-order chi connectivity index (χ0) is 77.4. The standard InChI is InChI=1S/C87H134O17P2/c1-5-9-13-17-21-25-29-33-37-39-40-42-45-48-52-56-60-64-68-72-85(90)98-78-83(104-87(92)74-70-66-62-58-54-50-46-41-38-34-30-26-22-18-14-10-6-2)80-102-106(95,96)100-76-81(88)75-99-105(93,94)101-79-82(103-86(91)73-69-65-61-57-53-49-44-36-32-28-24-20-16-12-8-4)77-97-84(89)71-67-63-59-55-51-47-43-35-31-27-23-19-15-11-7-3/h9-16,21-28,33-38,40,42-44,46,50-51,53,55,57,63,65,67,69,81-83,88H,5-8,17-20,29-32,39,41,45,47-49,52,54,56,58-62,64,66,68,70-80H2,1-4H3,(H,93,94)(H,95,96)/b13-9-,14-10-,15-11-,16-12-,25-21-,26-22-,27-23-,28-24-,37-33-,38-34-,42-40-,43-35-,44-36-,50-46-,55-51-,57-53-,67-63-,69-65-. The molecule has 5 unspecified atom stereocenters. The van der Waals surface area contributed by atoms with Gasteiger partial charge in [0.15, 0.2) is 12.2 Å². The monoisotopic (exact) mass is 1510 g/mol. The third-order valence-electron chi connectivity index (χ3n) is 15.0. The second-order valence-electron chi connectivity index (χ2n) is 24.8. The van der Waals surface area contributed by atoms with E-state index in [2.05, 4.69) is 198 Å². The lowest BCUT2D eigenvalue weighted by Crippen LogP contribution is -2.30. The molecular formula is C87H134O17P2. The summed E-state index contributed by atoms with van der Waals surface area (Å²) in [7, 11) is -10.1. The van der Waals surface area contributed by atoms with E-state index >= 15 is 0 Å². The van der Waals surface area contributed by atoms with Gasteiger partial charge in [-0.05, 0) is 154 Å². The van der Waals surface area contributed by atoms with Crippen molar-refractivity contribution in [2.75, 3.05) is 39.6 Å². The van der Waals surface area contributed by atoms with Gasteiger partial charge in [0, 0.05) is 12.8 Å². The van der Waals surface area contributed by atoms with E-state index in [0.29, 0.717) is 25.7 Å². The summed E-state index contributed by atoms with van der Waals surface area (Å²) in [4.78, 5) is 72.9. The molecule has 0 aromatic heterocycles. The number of hydrogen-bond donors (Lipinski definition) is 3. The Balaban J connectivity index is 5.56. The molecule has 17 nitrogen and oxygen atoms in total. The normalized spacial score (nSPS) is 15.0. The predicted molar refractivity (Wildman–Crippen MR) is 435 cm³/mol. The molecule has 0 aromatic rings. The topological polar surface area (TPSA) is 237 Å². The van der Waals surface area contributed by atoms with Crippen LogP contribution >= 0.6 is 15.6 Å². The van der Waals surface area contributed by atoms with Crippen molar-refractivity contribution in [3.8, 4) is 0 Å². The van der Waals surface area contributed by atoms with E-state index < -0.39 is 97.5 Å². The van der Waals surface area contributed by atoms with Crippen molar-refractivity contribution < 1.29 is 80.2 Å². The molecule has 0 aromatic carbocycles. The smallest absolute Gasteiger partial charge is 0.462 e. The van der Waals surface area contributed by atoms with Crippen LogP contribution in [0.4, 0.5) is 0 Å². The Morgan fingerprint density at radius 1 is 0.274 bits per heavy atom. The van der Waals surface area contributed by atoms with Crippen LogP contribution in [0.5, 0.6) is 0 Å². The maximum Gasteiger partial charge on any atom is 0.472 e. The molecule has 0 aliphatic carbocycles. The fraction of sp³-hybridized carbons (Fsp3) is 0.540. The SMILES string of the molecule is CC/C=C\C/C=C\C/C=C\C/C=C\C/C=C\CC(=O)OCC(COP(=O)(O)OCC(O)COP(=O)(O)OCC(COC(=O)CCCCCCCC/C=C\C/C=C\C/C=C\C/C=C\CC)OC(=O)CCCCCC/C=C\C/C=C\C/C=C\C/C=C\CC)OC(=O)C/C=C\C/C=C\C/C=C\C/C=C\C/C=C\CC. The van der Waals surface area contributed by atoms with E-state index in [9.17, 15) is 43.2 Å². The number of aliphatic hydroxyl groups is 1. The van der Waals surface area contributed by atoms with Gasteiger partial charge in [0.1, 0.15) is 19.3 Å². The Hall–Kier alpha value is -6.62. The Kier molecular flexibility index (Phi) is 71.8. The van der Waals surface area contributed by atoms with Crippen LogP contribution in [0.3, 0.4) is 0 Å². The molecule has 0 radical (unpaired) electrons. The lowest BCUT2D eigenvalue weighted by atomic mass is 10.1. The molecular weight excluding hydrogens is 1380 g/mol. The number of unbranched alkanes of at least 4 members (excludes halogenated alkanes) is 10. The van der Waals surface area contributed by atoms with Crippen LogP contribution < -0.4 is 0 Å². The maximum absolute atomic E-state index is 13.1. The summed E-state index contributed by atoms with van der Waals surface area (Å²) in [5, 5.41) is 10.6. The second kappa shape index (κ2) is 76.6. The van der Waals surface area contributed by atoms with E-state index in [-0.39, 0.29) is 25.7 Å². The maximum atomic E-state index is 13.1.